The molecule has 0 saturated carbocycles. The first-order valence-corrected chi connectivity index (χ1v) is 8.66. The number of hydrogen-bond donors (Lipinski definition) is 2. The normalized spacial score (nSPS) is 15.1. The van der Waals surface area contributed by atoms with E-state index in [2.05, 4.69) is 10.5 Å². The Morgan fingerprint density at radius 3 is 2.74 bits per heavy atom. The fraction of sp³-hybridized carbons (Fsp3) is 0.278. The summed E-state index contributed by atoms with van der Waals surface area (Å²) in [5.74, 6) is -0.354. The van der Waals surface area contributed by atoms with E-state index in [0.717, 1.165) is 13.1 Å². The van der Waals surface area contributed by atoms with Crippen molar-refractivity contribution < 1.29 is 23.8 Å². The molecule has 2 heterocycles. The second kappa shape index (κ2) is 8.81. The SMILES string of the molecule is O=C(CN1CCOCC1)N/N=C\c1ccc(-c2ccc(C(=O)O)c(Cl)c2)o1. The number of aromatic carboxylic acids is 1. The maximum atomic E-state index is 11.9. The van der Waals surface area contributed by atoms with Crippen LogP contribution in [0.2, 0.25) is 5.02 Å². The quantitative estimate of drug-likeness (QED) is 0.577. The number of rotatable bonds is 6. The van der Waals surface area contributed by atoms with E-state index in [1.54, 1.807) is 18.2 Å². The largest absolute Gasteiger partial charge is 0.478 e. The Bertz CT molecular complexity index is 858. The zero-order valence-electron chi connectivity index (χ0n) is 14.4. The van der Waals surface area contributed by atoms with E-state index in [4.69, 9.17) is 25.9 Å². The van der Waals surface area contributed by atoms with E-state index in [9.17, 15) is 9.59 Å². The Labute approximate surface area is 160 Å². The van der Waals surface area contributed by atoms with E-state index >= 15 is 0 Å². The number of morpholine rings is 1. The van der Waals surface area contributed by atoms with Crippen LogP contribution in [-0.4, -0.2) is 60.9 Å². The van der Waals surface area contributed by atoms with Crippen molar-refractivity contribution in [3.05, 3.63) is 46.7 Å². The van der Waals surface area contributed by atoms with Crippen LogP contribution in [-0.2, 0) is 9.53 Å². The summed E-state index contributed by atoms with van der Waals surface area (Å²) in [4.78, 5) is 24.8. The van der Waals surface area contributed by atoms with Gasteiger partial charge in [-0.1, -0.05) is 17.7 Å². The van der Waals surface area contributed by atoms with Gasteiger partial charge in [-0.15, -0.1) is 0 Å². The minimum atomic E-state index is -1.09. The summed E-state index contributed by atoms with van der Waals surface area (Å²) in [6, 6.07) is 7.95. The average molecular weight is 392 g/mol. The van der Waals surface area contributed by atoms with Gasteiger partial charge in [0.15, 0.2) is 0 Å². The zero-order valence-corrected chi connectivity index (χ0v) is 15.1. The van der Waals surface area contributed by atoms with Crippen LogP contribution in [0.25, 0.3) is 11.3 Å². The number of nitrogens with one attached hydrogen (secondary N) is 1. The number of ether oxygens (including phenoxy) is 1. The van der Waals surface area contributed by atoms with E-state index in [-0.39, 0.29) is 23.0 Å². The lowest BCUT2D eigenvalue weighted by Crippen LogP contribution is -2.42. The predicted octanol–water partition coefficient (Wildman–Crippen LogP) is 2.08. The highest BCUT2D eigenvalue weighted by Crippen LogP contribution is 2.27. The summed E-state index contributed by atoms with van der Waals surface area (Å²) in [7, 11) is 0. The lowest BCUT2D eigenvalue weighted by atomic mass is 10.1. The van der Waals surface area contributed by atoms with Crippen molar-refractivity contribution in [1.29, 1.82) is 0 Å². The van der Waals surface area contributed by atoms with Crippen LogP contribution in [0, 0.1) is 0 Å². The number of carboxylic acids is 1. The first-order chi connectivity index (χ1) is 13.0. The highest BCUT2D eigenvalue weighted by Gasteiger charge is 2.14. The van der Waals surface area contributed by atoms with Crippen LogP contribution in [0.3, 0.4) is 0 Å². The highest BCUT2D eigenvalue weighted by atomic mass is 35.5. The number of hydrogen-bond acceptors (Lipinski definition) is 6. The number of hydrazone groups is 1. The molecule has 0 unspecified atom stereocenters. The van der Waals surface area contributed by atoms with Crippen molar-refractivity contribution in [2.24, 2.45) is 5.10 Å². The number of amides is 1. The molecule has 0 atom stereocenters. The predicted molar refractivity (Wildman–Crippen MR) is 99.1 cm³/mol. The topological polar surface area (TPSA) is 104 Å². The molecule has 0 radical (unpaired) electrons. The Kier molecular flexibility index (Phi) is 6.23. The third-order valence-electron chi connectivity index (χ3n) is 3.96. The smallest absolute Gasteiger partial charge is 0.337 e. The van der Waals surface area contributed by atoms with Crippen LogP contribution < -0.4 is 5.43 Å². The zero-order chi connectivity index (χ0) is 19.2. The third-order valence-corrected chi connectivity index (χ3v) is 4.28. The van der Waals surface area contributed by atoms with Crippen molar-refractivity contribution in [3.63, 3.8) is 0 Å². The molecule has 1 aromatic heterocycles. The minimum absolute atomic E-state index is 0.0248. The van der Waals surface area contributed by atoms with E-state index in [0.29, 0.717) is 30.3 Å². The van der Waals surface area contributed by atoms with Gasteiger partial charge in [-0.25, -0.2) is 10.2 Å². The number of nitrogens with zero attached hydrogens (tertiary/aromatic N) is 2. The lowest BCUT2D eigenvalue weighted by molar-refractivity contribution is -0.123. The molecule has 1 amide bonds. The molecule has 8 nitrogen and oxygen atoms in total. The molecule has 1 aliphatic heterocycles. The van der Waals surface area contributed by atoms with E-state index in [1.165, 1.54) is 18.3 Å². The van der Waals surface area contributed by atoms with Crippen LogP contribution in [0.4, 0.5) is 0 Å². The Hall–Kier alpha value is -2.68. The molecule has 3 rings (SSSR count). The van der Waals surface area contributed by atoms with E-state index in [1.807, 2.05) is 4.90 Å². The molecule has 9 heteroatoms. The van der Waals surface area contributed by atoms with Gasteiger partial charge in [-0.2, -0.15) is 5.10 Å². The van der Waals surface area contributed by atoms with Crippen LogP contribution in [0.1, 0.15) is 16.1 Å². The summed E-state index contributed by atoms with van der Waals surface area (Å²) in [6.45, 7) is 2.97. The fourth-order valence-corrected chi connectivity index (χ4v) is 2.85. The van der Waals surface area contributed by atoms with Crippen molar-refractivity contribution in [2.45, 2.75) is 0 Å². The third kappa shape index (κ3) is 5.16. The summed E-state index contributed by atoms with van der Waals surface area (Å²) < 4.78 is 10.9. The molecule has 1 fully saturated rings. The van der Waals surface area contributed by atoms with Crippen molar-refractivity contribution >= 4 is 29.7 Å². The van der Waals surface area contributed by atoms with Gasteiger partial charge in [0.2, 0.25) is 0 Å². The second-order valence-corrected chi connectivity index (χ2v) is 6.29. The number of carbonyl (C=O) groups is 2. The summed E-state index contributed by atoms with van der Waals surface area (Å²) in [5, 5.41) is 13.0. The Morgan fingerprint density at radius 2 is 2.04 bits per heavy atom. The van der Waals surface area contributed by atoms with Gasteiger partial charge < -0.3 is 14.3 Å². The van der Waals surface area contributed by atoms with Gasteiger partial charge in [0.1, 0.15) is 11.5 Å². The minimum Gasteiger partial charge on any atom is -0.478 e. The second-order valence-electron chi connectivity index (χ2n) is 5.88. The maximum absolute atomic E-state index is 11.9. The van der Waals surface area contributed by atoms with Gasteiger partial charge in [-0.3, -0.25) is 9.69 Å². The summed E-state index contributed by atoms with van der Waals surface area (Å²) in [5.41, 5.74) is 3.12. The number of carboxylic acid groups (broad SMARTS) is 1. The molecular formula is C18H18ClN3O5. The van der Waals surface area contributed by atoms with Crippen LogP contribution in [0.15, 0.2) is 39.9 Å². The Balaban J connectivity index is 1.57. The van der Waals surface area contributed by atoms with E-state index < -0.39 is 5.97 Å². The van der Waals surface area contributed by atoms with Gasteiger partial charge in [-0.05, 0) is 24.3 Å². The molecule has 2 N–H and O–H groups in total. The molecule has 142 valence electrons. The van der Waals surface area contributed by atoms with Gasteiger partial charge in [0.25, 0.3) is 5.91 Å². The van der Waals surface area contributed by atoms with Gasteiger partial charge in [0, 0.05) is 18.7 Å². The number of halogens is 1. The maximum Gasteiger partial charge on any atom is 0.337 e. The molecule has 0 spiro atoms. The molecule has 1 aliphatic rings. The molecule has 1 saturated heterocycles. The fourth-order valence-electron chi connectivity index (χ4n) is 2.58. The highest BCUT2D eigenvalue weighted by molar-refractivity contribution is 6.33. The number of carbonyl (C=O) groups excluding carboxylic acids is 1. The number of benzene rings is 1. The molecule has 2 aromatic rings. The van der Waals surface area contributed by atoms with Crippen molar-refractivity contribution in [1.82, 2.24) is 10.3 Å². The molecule has 27 heavy (non-hydrogen) atoms. The summed E-state index contributed by atoms with van der Waals surface area (Å²) in [6.07, 6.45) is 1.40. The molecule has 0 aliphatic carbocycles. The van der Waals surface area contributed by atoms with Crippen LogP contribution >= 0.6 is 11.6 Å². The molecule has 0 bridgehead atoms. The number of furan rings is 1. The average Bonchev–Trinajstić information content (AvgIpc) is 3.11. The van der Waals surface area contributed by atoms with Gasteiger partial charge in [0.05, 0.1) is 36.6 Å². The van der Waals surface area contributed by atoms with Crippen LogP contribution in [0.5, 0.6) is 0 Å². The lowest BCUT2D eigenvalue weighted by Gasteiger charge is -2.25. The Morgan fingerprint density at radius 1 is 1.26 bits per heavy atom. The summed E-state index contributed by atoms with van der Waals surface area (Å²) >= 11 is 5.97. The van der Waals surface area contributed by atoms with Gasteiger partial charge >= 0.3 is 5.97 Å². The first kappa shape index (κ1) is 19.1. The van der Waals surface area contributed by atoms with Crippen molar-refractivity contribution in [3.8, 4) is 11.3 Å². The standard InChI is InChI=1S/C18H18ClN3O5/c19-15-9-12(1-3-14(15)18(24)25)16-4-2-13(27-16)10-20-21-17(23)11-22-5-7-26-8-6-22/h1-4,9-10H,5-8,11H2,(H,21,23)(H,24,25)/b20-10-. The molecule has 1 aromatic carbocycles. The monoisotopic (exact) mass is 391 g/mol. The first-order valence-electron chi connectivity index (χ1n) is 8.28. The molecular weight excluding hydrogens is 374 g/mol. The van der Waals surface area contributed by atoms with Crippen molar-refractivity contribution in [2.75, 3.05) is 32.8 Å².